The van der Waals surface area contributed by atoms with Crippen molar-refractivity contribution in [2.45, 2.75) is 18.9 Å². The van der Waals surface area contributed by atoms with E-state index in [4.69, 9.17) is 0 Å². The van der Waals surface area contributed by atoms with Crippen LogP contribution in [0.3, 0.4) is 0 Å². The van der Waals surface area contributed by atoms with Crippen LogP contribution in [0.1, 0.15) is 12.8 Å². The first-order valence-corrected chi connectivity index (χ1v) is 6.54. The van der Waals surface area contributed by atoms with Crippen LogP contribution in [0.25, 0.3) is 0 Å². The summed E-state index contributed by atoms with van der Waals surface area (Å²) < 4.78 is 12.8. The van der Waals surface area contributed by atoms with Crippen molar-refractivity contribution in [3.63, 3.8) is 0 Å². The van der Waals surface area contributed by atoms with Gasteiger partial charge in [-0.25, -0.2) is 9.18 Å². The van der Waals surface area contributed by atoms with Crippen molar-refractivity contribution in [1.29, 1.82) is 0 Å². The average molecular weight is 265 g/mol. The Labute approximate surface area is 113 Å². The molecule has 1 aromatic carbocycles. The second kappa shape index (κ2) is 6.02. The highest BCUT2D eigenvalue weighted by Crippen LogP contribution is 2.16. The number of halogens is 1. The van der Waals surface area contributed by atoms with Crippen molar-refractivity contribution in [2.75, 3.05) is 32.5 Å². The minimum atomic E-state index is -0.304. The van der Waals surface area contributed by atoms with Crippen LogP contribution in [-0.2, 0) is 0 Å². The summed E-state index contributed by atoms with van der Waals surface area (Å²) in [5, 5.41) is 2.78. The Morgan fingerprint density at radius 3 is 2.47 bits per heavy atom. The van der Waals surface area contributed by atoms with E-state index >= 15 is 0 Å². The summed E-state index contributed by atoms with van der Waals surface area (Å²) >= 11 is 0. The minimum absolute atomic E-state index is 0.138. The highest BCUT2D eigenvalue weighted by atomic mass is 19.1. The monoisotopic (exact) mass is 265 g/mol. The van der Waals surface area contributed by atoms with Crippen LogP contribution in [0.4, 0.5) is 14.9 Å². The molecule has 0 bridgehead atoms. The molecule has 0 radical (unpaired) electrons. The van der Waals surface area contributed by atoms with Gasteiger partial charge in [-0.15, -0.1) is 0 Å². The molecular weight excluding hydrogens is 245 g/mol. The van der Waals surface area contributed by atoms with E-state index in [1.54, 1.807) is 17.0 Å². The first-order valence-electron chi connectivity index (χ1n) is 6.54. The number of anilines is 1. The van der Waals surface area contributed by atoms with E-state index < -0.39 is 0 Å². The number of nitrogens with zero attached hydrogens (tertiary/aromatic N) is 2. The third-order valence-corrected chi connectivity index (χ3v) is 3.65. The molecule has 1 aromatic rings. The Bertz CT molecular complexity index is 427. The molecule has 19 heavy (non-hydrogen) atoms. The van der Waals surface area contributed by atoms with Crippen LogP contribution in [0.15, 0.2) is 24.3 Å². The van der Waals surface area contributed by atoms with Crippen molar-refractivity contribution < 1.29 is 9.18 Å². The standard InChI is InChI=1S/C14H20FN3O/c1-17-9-7-13(8-10-17)18(2)14(19)16-12-5-3-11(15)4-6-12/h3-6,13H,7-10H2,1-2H3,(H,16,19). The maximum atomic E-state index is 12.8. The van der Waals surface area contributed by atoms with Gasteiger partial charge in [0, 0.05) is 18.8 Å². The zero-order valence-electron chi connectivity index (χ0n) is 11.4. The van der Waals surface area contributed by atoms with Crippen molar-refractivity contribution in [1.82, 2.24) is 9.80 Å². The van der Waals surface area contributed by atoms with E-state index in [2.05, 4.69) is 17.3 Å². The Kier molecular flexibility index (Phi) is 4.37. The predicted molar refractivity (Wildman–Crippen MR) is 73.7 cm³/mol. The van der Waals surface area contributed by atoms with Crippen molar-refractivity contribution >= 4 is 11.7 Å². The van der Waals surface area contributed by atoms with E-state index in [0.29, 0.717) is 5.69 Å². The molecule has 1 N–H and O–H groups in total. The smallest absolute Gasteiger partial charge is 0.321 e. The van der Waals surface area contributed by atoms with Gasteiger partial charge in [-0.1, -0.05) is 0 Å². The molecular formula is C14H20FN3O. The van der Waals surface area contributed by atoms with Gasteiger partial charge in [0.15, 0.2) is 0 Å². The molecule has 0 aromatic heterocycles. The van der Waals surface area contributed by atoms with Gasteiger partial charge in [0.2, 0.25) is 0 Å². The number of likely N-dealkylation sites (tertiary alicyclic amines) is 1. The number of amides is 2. The molecule has 2 rings (SSSR count). The molecule has 1 saturated heterocycles. The van der Waals surface area contributed by atoms with Gasteiger partial charge in [0.1, 0.15) is 5.82 Å². The first kappa shape index (κ1) is 13.8. The maximum Gasteiger partial charge on any atom is 0.321 e. The van der Waals surface area contributed by atoms with E-state index in [1.165, 1.54) is 12.1 Å². The second-order valence-corrected chi connectivity index (χ2v) is 5.08. The molecule has 0 aliphatic carbocycles. The van der Waals surface area contributed by atoms with Gasteiger partial charge >= 0.3 is 6.03 Å². The fourth-order valence-corrected chi connectivity index (χ4v) is 2.29. The quantitative estimate of drug-likeness (QED) is 0.891. The molecule has 1 aliphatic rings. The number of urea groups is 1. The van der Waals surface area contributed by atoms with E-state index in [-0.39, 0.29) is 17.9 Å². The van der Waals surface area contributed by atoms with Crippen LogP contribution in [0.5, 0.6) is 0 Å². The summed E-state index contributed by atoms with van der Waals surface area (Å²) in [4.78, 5) is 16.1. The van der Waals surface area contributed by atoms with Gasteiger partial charge in [0.05, 0.1) is 0 Å². The molecule has 1 fully saturated rings. The lowest BCUT2D eigenvalue weighted by Crippen LogP contribution is -2.46. The number of benzene rings is 1. The van der Waals surface area contributed by atoms with Gasteiger partial charge in [-0.05, 0) is 57.2 Å². The lowest BCUT2D eigenvalue weighted by molar-refractivity contribution is 0.156. The summed E-state index contributed by atoms with van der Waals surface area (Å²) in [6.45, 7) is 2.03. The number of hydrogen-bond acceptors (Lipinski definition) is 2. The molecule has 104 valence electrons. The minimum Gasteiger partial charge on any atom is -0.325 e. The lowest BCUT2D eigenvalue weighted by atomic mass is 10.0. The van der Waals surface area contributed by atoms with Crippen molar-refractivity contribution in [3.8, 4) is 0 Å². The number of carbonyl (C=O) groups excluding carboxylic acids is 1. The number of hydrogen-bond donors (Lipinski definition) is 1. The first-order chi connectivity index (χ1) is 9.06. The van der Waals surface area contributed by atoms with Gasteiger partial charge in [0.25, 0.3) is 0 Å². The topological polar surface area (TPSA) is 35.6 Å². The molecule has 0 saturated carbocycles. The molecule has 0 spiro atoms. The molecule has 1 aliphatic heterocycles. The second-order valence-electron chi connectivity index (χ2n) is 5.08. The number of carbonyl (C=O) groups is 1. The molecule has 5 heteroatoms. The summed E-state index contributed by atoms with van der Waals surface area (Å²) in [6.07, 6.45) is 1.98. The SMILES string of the molecule is CN1CCC(N(C)C(=O)Nc2ccc(F)cc2)CC1. The van der Waals surface area contributed by atoms with Crippen molar-refractivity contribution in [2.24, 2.45) is 0 Å². The van der Waals surface area contributed by atoms with E-state index in [9.17, 15) is 9.18 Å². The van der Waals surface area contributed by atoms with E-state index in [0.717, 1.165) is 25.9 Å². The number of nitrogens with one attached hydrogen (secondary N) is 1. The van der Waals surface area contributed by atoms with Crippen LogP contribution < -0.4 is 5.32 Å². The van der Waals surface area contributed by atoms with Crippen LogP contribution in [0.2, 0.25) is 0 Å². The summed E-state index contributed by atoms with van der Waals surface area (Å²) in [6, 6.07) is 5.94. The predicted octanol–water partition coefficient (Wildman–Crippen LogP) is 2.38. The highest BCUT2D eigenvalue weighted by Gasteiger charge is 2.23. The highest BCUT2D eigenvalue weighted by molar-refractivity contribution is 5.89. The largest absolute Gasteiger partial charge is 0.325 e. The van der Waals surface area contributed by atoms with Crippen LogP contribution >= 0.6 is 0 Å². The van der Waals surface area contributed by atoms with Crippen molar-refractivity contribution in [3.05, 3.63) is 30.1 Å². The fourth-order valence-electron chi connectivity index (χ4n) is 2.29. The zero-order chi connectivity index (χ0) is 13.8. The summed E-state index contributed by atoms with van der Waals surface area (Å²) in [5.74, 6) is -0.304. The number of piperidine rings is 1. The Morgan fingerprint density at radius 2 is 1.89 bits per heavy atom. The molecule has 1 heterocycles. The lowest BCUT2D eigenvalue weighted by Gasteiger charge is -2.35. The van der Waals surface area contributed by atoms with Crippen LogP contribution in [-0.4, -0.2) is 49.1 Å². The van der Waals surface area contributed by atoms with Gasteiger partial charge < -0.3 is 15.1 Å². The number of rotatable bonds is 2. The normalized spacial score (nSPS) is 17.2. The zero-order valence-corrected chi connectivity index (χ0v) is 11.4. The third-order valence-electron chi connectivity index (χ3n) is 3.65. The Hall–Kier alpha value is -1.62. The Morgan fingerprint density at radius 1 is 1.32 bits per heavy atom. The van der Waals surface area contributed by atoms with Gasteiger partial charge in [-0.3, -0.25) is 0 Å². The molecule has 0 unspecified atom stereocenters. The maximum absolute atomic E-state index is 12.8. The molecule has 2 amide bonds. The molecule has 0 atom stereocenters. The average Bonchev–Trinajstić information content (AvgIpc) is 2.41. The Balaban J connectivity index is 1.90. The summed E-state index contributed by atoms with van der Waals surface area (Å²) in [5.41, 5.74) is 0.617. The molecule has 4 nitrogen and oxygen atoms in total. The summed E-state index contributed by atoms with van der Waals surface area (Å²) in [7, 11) is 3.91. The van der Waals surface area contributed by atoms with Crippen LogP contribution in [0, 0.1) is 5.82 Å². The third kappa shape index (κ3) is 3.67. The van der Waals surface area contributed by atoms with Gasteiger partial charge in [-0.2, -0.15) is 0 Å². The van der Waals surface area contributed by atoms with E-state index in [1.807, 2.05) is 7.05 Å². The fraction of sp³-hybridized carbons (Fsp3) is 0.500.